The Morgan fingerprint density at radius 3 is 2.23 bits per heavy atom. The van der Waals surface area contributed by atoms with Gasteiger partial charge in [0.15, 0.2) is 0 Å². The number of alkyl halides is 1. The lowest BCUT2D eigenvalue weighted by molar-refractivity contribution is -0.167. The smallest absolute Gasteiger partial charge is 0.362 e. The third-order valence-electron chi connectivity index (χ3n) is 1.24. The number of halogens is 1. The molecule has 5 nitrogen and oxygen atoms in total. The average molecular weight is 254 g/mol. The summed E-state index contributed by atoms with van der Waals surface area (Å²) in [5.74, 6) is -1.16. The molecule has 0 saturated carbocycles. The molecular formula is C7H12BrNO4. The zero-order chi connectivity index (χ0) is 10.4. The van der Waals surface area contributed by atoms with Crippen LogP contribution < -0.4 is 5.32 Å². The topological polar surface area (TPSA) is 64.6 Å². The second kappa shape index (κ2) is 5.93. The van der Waals surface area contributed by atoms with E-state index in [1.54, 1.807) is 6.92 Å². The predicted molar refractivity (Wildman–Crippen MR) is 49.3 cm³/mol. The van der Waals surface area contributed by atoms with Crippen molar-refractivity contribution in [3.8, 4) is 0 Å². The number of esters is 2. The summed E-state index contributed by atoms with van der Waals surface area (Å²) in [4.78, 5) is 21.5. The van der Waals surface area contributed by atoms with Crippen molar-refractivity contribution in [2.24, 2.45) is 0 Å². The molecule has 13 heavy (non-hydrogen) atoms. The third-order valence-corrected chi connectivity index (χ3v) is 1.61. The molecule has 0 amide bonds. The quantitative estimate of drug-likeness (QED) is 0.435. The number of hydrogen-bond donors (Lipinski definition) is 1. The molecule has 0 rings (SSSR count). The molecule has 2 atom stereocenters. The van der Waals surface area contributed by atoms with Gasteiger partial charge in [0, 0.05) is 0 Å². The van der Waals surface area contributed by atoms with Crippen LogP contribution in [0.2, 0.25) is 0 Å². The van der Waals surface area contributed by atoms with E-state index in [0.29, 0.717) is 0 Å². The molecule has 0 heterocycles. The first kappa shape index (κ1) is 12.4. The van der Waals surface area contributed by atoms with Crippen LogP contribution in [0.3, 0.4) is 0 Å². The maximum absolute atomic E-state index is 11.0. The lowest BCUT2D eigenvalue weighted by Gasteiger charge is -2.14. The molecule has 0 aromatic carbocycles. The minimum absolute atomic E-state index is 0.451. The van der Waals surface area contributed by atoms with E-state index in [9.17, 15) is 9.59 Å². The summed E-state index contributed by atoms with van der Waals surface area (Å²) >= 11 is 3.01. The number of nitrogens with one attached hydrogen (secondary N) is 1. The highest BCUT2D eigenvalue weighted by atomic mass is 79.9. The summed E-state index contributed by atoms with van der Waals surface area (Å²) in [6.45, 7) is 1.60. The Morgan fingerprint density at radius 1 is 1.38 bits per heavy atom. The van der Waals surface area contributed by atoms with Gasteiger partial charge in [0.25, 0.3) is 6.23 Å². The lowest BCUT2D eigenvalue weighted by atomic mass is 10.5. The molecular weight excluding hydrogens is 242 g/mol. The second-order valence-electron chi connectivity index (χ2n) is 2.24. The van der Waals surface area contributed by atoms with Gasteiger partial charge in [-0.15, -0.1) is 0 Å². The van der Waals surface area contributed by atoms with Crippen LogP contribution in [-0.2, 0) is 19.1 Å². The first-order valence-corrected chi connectivity index (χ1v) is 4.54. The molecule has 0 saturated heterocycles. The van der Waals surface area contributed by atoms with Gasteiger partial charge >= 0.3 is 11.9 Å². The zero-order valence-electron chi connectivity index (χ0n) is 7.67. The van der Waals surface area contributed by atoms with Crippen molar-refractivity contribution in [3.05, 3.63) is 0 Å². The minimum atomic E-state index is -1.04. The monoisotopic (exact) mass is 253 g/mol. The summed E-state index contributed by atoms with van der Waals surface area (Å²) in [7, 11) is 2.71. The zero-order valence-corrected chi connectivity index (χ0v) is 9.25. The van der Waals surface area contributed by atoms with Gasteiger partial charge < -0.3 is 9.47 Å². The number of methoxy groups -OCH3 is 1. The van der Waals surface area contributed by atoms with E-state index in [0.717, 1.165) is 0 Å². The molecule has 0 radical (unpaired) electrons. The fourth-order valence-electron chi connectivity index (χ4n) is 0.542. The third kappa shape index (κ3) is 4.23. The normalized spacial score (nSPS) is 14.5. The van der Waals surface area contributed by atoms with Gasteiger partial charge in [-0.1, -0.05) is 15.9 Å². The van der Waals surface area contributed by atoms with Gasteiger partial charge in [0.1, 0.15) is 4.83 Å². The fraction of sp³-hybridized carbons (Fsp3) is 0.714. The van der Waals surface area contributed by atoms with Gasteiger partial charge in [-0.2, -0.15) is 0 Å². The largest absolute Gasteiger partial charge is 0.465 e. The van der Waals surface area contributed by atoms with Crippen LogP contribution in [0.15, 0.2) is 0 Å². The number of rotatable bonds is 4. The van der Waals surface area contributed by atoms with Crippen LogP contribution in [-0.4, -0.2) is 37.2 Å². The van der Waals surface area contributed by atoms with Gasteiger partial charge in [-0.25, -0.2) is 4.79 Å². The number of carbonyl (C=O) groups excluding carboxylic acids is 2. The van der Waals surface area contributed by atoms with E-state index < -0.39 is 23.0 Å². The van der Waals surface area contributed by atoms with Crippen LogP contribution in [0, 0.1) is 0 Å². The predicted octanol–water partition coefficient (Wildman–Crippen LogP) is 0.0315. The first-order valence-electron chi connectivity index (χ1n) is 3.62. The SMILES string of the molecule is CNC(OC(=O)C(C)Br)C(=O)OC. The van der Waals surface area contributed by atoms with Crippen LogP contribution in [0.1, 0.15) is 6.92 Å². The standard InChI is InChI=1S/C7H12BrNO4/c1-4(8)6(10)13-5(9-2)7(11)12-3/h4-5,9H,1-3H3. The highest BCUT2D eigenvalue weighted by molar-refractivity contribution is 9.10. The number of ether oxygens (including phenoxy) is 2. The maximum Gasteiger partial charge on any atom is 0.362 e. The van der Waals surface area contributed by atoms with Crippen molar-refractivity contribution in [2.75, 3.05) is 14.2 Å². The minimum Gasteiger partial charge on any atom is -0.465 e. The van der Waals surface area contributed by atoms with Crippen molar-refractivity contribution >= 4 is 27.9 Å². The van der Waals surface area contributed by atoms with E-state index in [1.807, 2.05) is 0 Å². The van der Waals surface area contributed by atoms with Crippen LogP contribution in [0.25, 0.3) is 0 Å². The Bertz CT molecular complexity index is 195. The second-order valence-corrected chi connectivity index (χ2v) is 3.62. The molecule has 0 aliphatic rings. The average Bonchev–Trinajstić information content (AvgIpc) is 2.12. The van der Waals surface area contributed by atoms with Crippen LogP contribution in [0.5, 0.6) is 0 Å². The van der Waals surface area contributed by atoms with E-state index in [2.05, 4.69) is 26.0 Å². The summed E-state index contributed by atoms with van der Waals surface area (Å²) in [6.07, 6.45) is -1.04. The molecule has 0 bridgehead atoms. The maximum atomic E-state index is 11.0. The van der Waals surface area contributed by atoms with Crippen molar-refractivity contribution < 1.29 is 19.1 Å². The molecule has 6 heteroatoms. The molecule has 0 spiro atoms. The Hall–Kier alpha value is -0.620. The molecule has 0 fully saturated rings. The molecule has 0 aliphatic heterocycles. The van der Waals surface area contributed by atoms with Crippen molar-refractivity contribution in [3.63, 3.8) is 0 Å². The Balaban J connectivity index is 4.13. The summed E-state index contributed by atoms with van der Waals surface area (Å²) < 4.78 is 9.13. The van der Waals surface area contributed by atoms with Gasteiger partial charge in [0.2, 0.25) is 0 Å². The van der Waals surface area contributed by atoms with Gasteiger partial charge in [-0.05, 0) is 14.0 Å². The van der Waals surface area contributed by atoms with E-state index in [-0.39, 0.29) is 0 Å². The highest BCUT2D eigenvalue weighted by Gasteiger charge is 2.23. The molecule has 76 valence electrons. The van der Waals surface area contributed by atoms with Gasteiger partial charge in [-0.3, -0.25) is 10.1 Å². The van der Waals surface area contributed by atoms with Crippen LogP contribution in [0.4, 0.5) is 0 Å². The Labute approximate surface area is 84.9 Å². The fourth-order valence-corrected chi connectivity index (χ4v) is 0.650. The Morgan fingerprint density at radius 2 is 1.92 bits per heavy atom. The molecule has 0 aliphatic carbocycles. The van der Waals surface area contributed by atoms with Crippen LogP contribution >= 0.6 is 15.9 Å². The molecule has 0 aromatic rings. The summed E-state index contributed by atoms with van der Waals surface area (Å²) in [5.41, 5.74) is 0. The Kier molecular flexibility index (Phi) is 5.65. The number of likely N-dealkylation sites (N-methyl/N-ethyl adjacent to an activating group) is 1. The molecule has 0 aromatic heterocycles. The van der Waals surface area contributed by atoms with Crippen molar-refractivity contribution in [2.45, 2.75) is 18.0 Å². The van der Waals surface area contributed by atoms with Crippen molar-refractivity contribution in [1.29, 1.82) is 0 Å². The summed E-state index contributed by atoms with van der Waals surface area (Å²) in [5, 5.41) is 2.50. The lowest BCUT2D eigenvalue weighted by Crippen LogP contribution is -2.40. The van der Waals surface area contributed by atoms with Gasteiger partial charge in [0.05, 0.1) is 7.11 Å². The molecule has 1 N–H and O–H groups in total. The highest BCUT2D eigenvalue weighted by Crippen LogP contribution is 2.02. The summed E-state index contributed by atoms with van der Waals surface area (Å²) in [6, 6.07) is 0. The number of carbonyl (C=O) groups is 2. The van der Waals surface area contributed by atoms with Crippen molar-refractivity contribution in [1.82, 2.24) is 5.32 Å². The number of hydrogen-bond acceptors (Lipinski definition) is 5. The first-order chi connectivity index (χ1) is 6.02. The molecule has 2 unspecified atom stereocenters. The van der Waals surface area contributed by atoms with E-state index >= 15 is 0 Å². The van der Waals surface area contributed by atoms with E-state index in [1.165, 1.54) is 14.2 Å². The van der Waals surface area contributed by atoms with E-state index in [4.69, 9.17) is 4.74 Å².